The fraction of sp³-hybridized carbons (Fsp3) is 0.364. The van der Waals surface area contributed by atoms with E-state index in [0.29, 0.717) is 17.0 Å². The molecule has 1 fully saturated rings. The van der Waals surface area contributed by atoms with E-state index in [0.717, 1.165) is 22.5 Å². The van der Waals surface area contributed by atoms with Crippen molar-refractivity contribution < 1.29 is 36.2 Å². The number of carboxylic acid groups (broad SMARTS) is 1. The summed E-state index contributed by atoms with van der Waals surface area (Å²) >= 11 is 3.28. The standard InChI is InChI=1S/C22H18BrF3N2O5S/c23-15-4-5-19-18(8-15)28(34(31,32)17-3-1-2-14(7-17)22(24,25)26)11-16(33-19)6-13-9-21(10-13,12-27)20(29)30/h1-5,7-8,13,16H,6,9-11H2,(H,29,30). The number of aliphatic carboxylic acids is 1. The van der Waals surface area contributed by atoms with Gasteiger partial charge in [-0.25, -0.2) is 8.42 Å². The van der Waals surface area contributed by atoms with E-state index in [4.69, 9.17) is 4.74 Å². The Labute approximate surface area is 201 Å². The predicted molar refractivity (Wildman–Crippen MR) is 118 cm³/mol. The van der Waals surface area contributed by atoms with Crippen LogP contribution in [0, 0.1) is 22.7 Å². The van der Waals surface area contributed by atoms with Gasteiger partial charge in [0.05, 0.1) is 28.8 Å². The number of hydrogen-bond acceptors (Lipinski definition) is 5. The second-order valence-corrected chi connectivity index (χ2v) is 11.2. The summed E-state index contributed by atoms with van der Waals surface area (Å²) in [5.41, 5.74) is -2.36. The van der Waals surface area contributed by atoms with Gasteiger partial charge in [0, 0.05) is 4.47 Å². The van der Waals surface area contributed by atoms with Gasteiger partial charge in [-0.2, -0.15) is 18.4 Å². The average Bonchev–Trinajstić information content (AvgIpc) is 2.74. The van der Waals surface area contributed by atoms with Gasteiger partial charge in [0.2, 0.25) is 0 Å². The number of nitrogens with zero attached hydrogens (tertiary/aromatic N) is 2. The van der Waals surface area contributed by atoms with E-state index in [9.17, 15) is 36.8 Å². The molecule has 12 heteroatoms. The molecule has 0 saturated heterocycles. The molecule has 2 aliphatic rings. The molecule has 1 saturated carbocycles. The summed E-state index contributed by atoms with van der Waals surface area (Å²) in [4.78, 5) is 10.9. The number of alkyl halides is 3. The van der Waals surface area contributed by atoms with E-state index in [1.54, 1.807) is 12.1 Å². The third kappa shape index (κ3) is 4.34. The van der Waals surface area contributed by atoms with Gasteiger partial charge in [-0.05, 0) is 61.6 Å². The van der Waals surface area contributed by atoms with Crippen molar-refractivity contribution in [2.75, 3.05) is 10.8 Å². The normalized spacial score (nSPS) is 24.4. The first kappa shape index (κ1) is 24.3. The molecule has 0 spiro atoms. The summed E-state index contributed by atoms with van der Waals surface area (Å²) in [6.07, 6.45) is -4.86. The second-order valence-electron chi connectivity index (χ2n) is 8.42. The van der Waals surface area contributed by atoms with E-state index in [1.165, 1.54) is 6.07 Å². The topological polar surface area (TPSA) is 108 Å². The van der Waals surface area contributed by atoms with Crippen LogP contribution in [0.4, 0.5) is 18.9 Å². The number of ether oxygens (including phenoxy) is 1. The minimum absolute atomic E-state index is 0.117. The molecule has 2 aromatic rings. The quantitative estimate of drug-likeness (QED) is 0.563. The summed E-state index contributed by atoms with van der Waals surface area (Å²) < 4.78 is 74.0. The van der Waals surface area contributed by atoms with Crippen molar-refractivity contribution in [3.05, 3.63) is 52.5 Å². The Morgan fingerprint density at radius 1 is 1.26 bits per heavy atom. The molecule has 0 amide bonds. The molecule has 1 heterocycles. The number of fused-ring (bicyclic) bond motifs is 1. The molecule has 1 N–H and O–H groups in total. The van der Waals surface area contributed by atoms with Gasteiger partial charge in [0.25, 0.3) is 10.0 Å². The Morgan fingerprint density at radius 3 is 2.59 bits per heavy atom. The van der Waals surface area contributed by atoms with Crippen LogP contribution in [0.2, 0.25) is 0 Å². The zero-order chi connectivity index (χ0) is 24.9. The Bertz CT molecular complexity index is 1290. The van der Waals surface area contributed by atoms with Crippen LogP contribution in [0.3, 0.4) is 0 Å². The molecule has 0 radical (unpaired) electrons. The van der Waals surface area contributed by atoms with E-state index in [-0.39, 0.29) is 36.7 Å². The summed E-state index contributed by atoms with van der Waals surface area (Å²) in [5, 5.41) is 18.5. The van der Waals surface area contributed by atoms with Crippen molar-refractivity contribution in [2.24, 2.45) is 11.3 Å². The van der Waals surface area contributed by atoms with Gasteiger partial charge in [-0.3, -0.25) is 9.10 Å². The highest BCUT2D eigenvalue weighted by Gasteiger charge is 2.52. The average molecular weight is 559 g/mol. The Balaban J connectivity index is 1.65. The minimum Gasteiger partial charge on any atom is -0.486 e. The van der Waals surface area contributed by atoms with Crippen molar-refractivity contribution in [3.8, 4) is 11.8 Å². The molecule has 1 unspecified atom stereocenters. The highest BCUT2D eigenvalue weighted by atomic mass is 79.9. The van der Waals surface area contributed by atoms with Crippen LogP contribution in [-0.4, -0.2) is 32.1 Å². The first-order valence-electron chi connectivity index (χ1n) is 10.2. The maximum Gasteiger partial charge on any atom is 0.416 e. The molecular weight excluding hydrogens is 541 g/mol. The van der Waals surface area contributed by atoms with Gasteiger partial charge in [0.1, 0.15) is 11.9 Å². The summed E-state index contributed by atoms with van der Waals surface area (Å²) in [6, 6.07) is 10.1. The first-order valence-corrected chi connectivity index (χ1v) is 12.4. The van der Waals surface area contributed by atoms with Crippen LogP contribution in [0.5, 0.6) is 5.75 Å². The first-order chi connectivity index (χ1) is 15.9. The lowest BCUT2D eigenvalue weighted by Crippen LogP contribution is -2.48. The fourth-order valence-corrected chi connectivity index (χ4v) is 6.27. The zero-order valence-corrected chi connectivity index (χ0v) is 19.8. The number of carbonyl (C=O) groups is 1. The molecule has 2 aromatic carbocycles. The molecule has 4 rings (SSSR count). The summed E-state index contributed by atoms with van der Waals surface area (Å²) in [5.74, 6) is -1.13. The van der Waals surface area contributed by atoms with Crippen LogP contribution < -0.4 is 9.04 Å². The van der Waals surface area contributed by atoms with E-state index in [1.807, 2.05) is 6.07 Å². The Hall–Kier alpha value is -2.78. The predicted octanol–water partition coefficient (Wildman–Crippen LogP) is 4.82. The van der Waals surface area contributed by atoms with Crippen LogP contribution in [0.25, 0.3) is 0 Å². The van der Waals surface area contributed by atoms with Crippen LogP contribution >= 0.6 is 15.9 Å². The van der Waals surface area contributed by atoms with E-state index >= 15 is 0 Å². The molecule has 0 aromatic heterocycles. The number of carboxylic acids is 1. The number of hydrogen-bond donors (Lipinski definition) is 1. The molecule has 34 heavy (non-hydrogen) atoms. The third-order valence-electron chi connectivity index (χ3n) is 6.10. The van der Waals surface area contributed by atoms with Crippen LogP contribution in [0.15, 0.2) is 51.8 Å². The largest absolute Gasteiger partial charge is 0.486 e. The number of rotatable bonds is 5. The maximum atomic E-state index is 13.5. The van der Waals surface area contributed by atoms with Crippen LogP contribution in [0.1, 0.15) is 24.8 Å². The Kier molecular flexibility index (Phi) is 6.06. The molecule has 180 valence electrons. The van der Waals surface area contributed by atoms with Crippen molar-refractivity contribution >= 4 is 37.6 Å². The molecular formula is C22H18BrF3N2O5S. The monoisotopic (exact) mass is 558 g/mol. The van der Waals surface area contributed by atoms with E-state index in [2.05, 4.69) is 15.9 Å². The smallest absolute Gasteiger partial charge is 0.416 e. The zero-order valence-electron chi connectivity index (χ0n) is 17.4. The SMILES string of the molecule is N#CC1(C(=O)O)CC(CC2CN(S(=O)(=O)c3cccc(C(F)(F)F)c3)c3cc(Br)ccc3O2)C1. The second kappa shape index (κ2) is 8.46. The number of benzene rings is 2. The van der Waals surface area contributed by atoms with Crippen molar-refractivity contribution in [1.82, 2.24) is 0 Å². The molecule has 7 nitrogen and oxygen atoms in total. The Morgan fingerprint density at radius 2 is 1.97 bits per heavy atom. The number of sulfonamides is 1. The lowest BCUT2D eigenvalue weighted by molar-refractivity contribution is -0.153. The highest BCUT2D eigenvalue weighted by molar-refractivity contribution is 9.10. The molecule has 1 aliphatic carbocycles. The van der Waals surface area contributed by atoms with Gasteiger partial charge in [0.15, 0.2) is 5.41 Å². The maximum absolute atomic E-state index is 13.5. The van der Waals surface area contributed by atoms with Gasteiger partial charge < -0.3 is 9.84 Å². The van der Waals surface area contributed by atoms with Crippen molar-refractivity contribution in [2.45, 2.75) is 36.4 Å². The lowest BCUT2D eigenvalue weighted by atomic mass is 9.61. The van der Waals surface area contributed by atoms with Gasteiger partial charge in [-0.1, -0.05) is 22.0 Å². The van der Waals surface area contributed by atoms with Crippen molar-refractivity contribution in [3.63, 3.8) is 0 Å². The van der Waals surface area contributed by atoms with Crippen molar-refractivity contribution in [1.29, 1.82) is 5.26 Å². The number of nitriles is 1. The van der Waals surface area contributed by atoms with Gasteiger partial charge >= 0.3 is 12.1 Å². The molecule has 1 atom stereocenters. The molecule has 0 bridgehead atoms. The molecule has 1 aliphatic heterocycles. The minimum atomic E-state index is -4.71. The van der Waals surface area contributed by atoms with E-state index < -0.39 is 44.1 Å². The fourth-order valence-electron chi connectivity index (χ4n) is 4.37. The summed E-state index contributed by atoms with van der Waals surface area (Å²) in [7, 11) is -4.39. The summed E-state index contributed by atoms with van der Waals surface area (Å²) in [6.45, 7) is -0.175. The lowest BCUT2D eigenvalue weighted by Gasteiger charge is -2.42. The van der Waals surface area contributed by atoms with Gasteiger partial charge in [-0.15, -0.1) is 0 Å². The highest BCUT2D eigenvalue weighted by Crippen LogP contribution is 2.49. The third-order valence-corrected chi connectivity index (χ3v) is 8.36. The number of halogens is 4. The number of anilines is 1. The van der Waals surface area contributed by atoms with Crippen LogP contribution in [-0.2, 0) is 21.0 Å².